The monoisotopic (exact) mass is 275 g/mol. The summed E-state index contributed by atoms with van der Waals surface area (Å²) >= 11 is 3.41. The highest BCUT2D eigenvalue weighted by Crippen LogP contribution is 2.21. The second-order valence-corrected chi connectivity index (χ2v) is 4.40. The van der Waals surface area contributed by atoms with Gasteiger partial charge in [0.05, 0.1) is 0 Å². The summed E-state index contributed by atoms with van der Waals surface area (Å²) in [6, 6.07) is 9.14. The predicted octanol–water partition coefficient (Wildman–Crippen LogP) is 3.38. The molecular formula is C13H10BrNO. The first kappa shape index (κ1) is 11.0. The van der Waals surface area contributed by atoms with Gasteiger partial charge in [0.1, 0.15) is 0 Å². The molecule has 16 heavy (non-hydrogen) atoms. The van der Waals surface area contributed by atoms with Crippen molar-refractivity contribution in [1.29, 1.82) is 0 Å². The standard InChI is InChI=1S/C13H10BrNO/c1-9-2-3-11(12(14)8-9)13(16)10-4-6-15-7-5-10/h2-8H,1H3. The normalized spacial score (nSPS) is 10.1. The minimum absolute atomic E-state index is 0.00859. The second-order valence-electron chi connectivity index (χ2n) is 3.55. The number of carbonyl (C=O) groups excluding carboxylic acids is 1. The van der Waals surface area contributed by atoms with E-state index in [1.54, 1.807) is 24.5 Å². The van der Waals surface area contributed by atoms with Gasteiger partial charge < -0.3 is 0 Å². The van der Waals surface area contributed by atoms with E-state index in [0.29, 0.717) is 11.1 Å². The molecule has 0 saturated carbocycles. The number of hydrogen-bond acceptors (Lipinski definition) is 2. The summed E-state index contributed by atoms with van der Waals surface area (Å²) < 4.78 is 0.828. The van der Waals surface area contributed by atoms with Gasteiger partial charge >= 0.3 is 0 Å². The number of rotatable bonds is 2. The van der Waals surface area contributed by atoms with Crippen LogP contribution in [0.25, 0.3) is 0 Å². The van der Waals surface area contributed by atoms with E-state index < -0.39 is 0 Å². The second kappa shape index (κ2) is 4.58. The Labute approximate surface area is 102 Å². The Bertz CT molecular complexity index is 523. The van der Waals surface area contributed by atoms with Crippen molar-refractivity contribution < 1.29 is 4.79 Å². The third kappa shape index (κ3) is 2.19. The molecule has 0 aliphatic heterocycles. The van der Waals surface area contributed by atoms with Gasteiger partial charge in [-0.3, -0.25) is 9.78 Å². The van der Waals surface area contributed by atoms with Crippen LogP contribution in [-0.2, 0) is 0 Å². The molecule has 1 aromatic heterocycles. The number of nitrogens with zero attached hydrogens (tertiary/aromatic N) is 1. The van der Waals surface area contributed by atoms with Crippen LogP contribution in [0.3, 0.4) is 0 Å². The summed E-state index contributed by atoms with van der Waals surface area (Å²) in [6.07, 6.45) is 3.24. The fourth-order valence-electron chi connectivity index (χ4n) is 1.46. The van der Waals surface area contributed by atoms with Crippen molar-refractivity contribution in [2.75, 3.05) is 0 Å². The lowest BCUT2D eigenvalue weighted by Crippen LogP contribution is -2.02. The van der Waals surface area contributed by atoms with E-state index in [1.807, 2.05) is 25.1 Å². The highest BCUT2D eigenvalue weighted by atomic mass is 79.9. The summed E-state index contributed by atoms with van der Waals surface area (Å²) in [7, 11) is 0. The van der Waals surface area contributed by atoms with Crippen LogP contribution in [0.5, 0.6) is 0 Å². The van der Waals surface area contributed by atoms with Crippen LogP contribution in [0.4, 0.5) is 0 Å². The average molecular weight is 276 g/mol. The van der Waals surface area contributed by atoms with Crippen LogP contribution in [0.1, 0.15) is 21.5 Å². The minimum atomic E-state index is 0.00859. The van der Waals surface area contributed by atoms with Gasteiger partial charge in [-0.05, 0) is 36.8 Å². The van der Waals surface area contributed by atoms with Crippen LogP contribution < -0.4 is 0 Å². The smallest absolute Gasteiger partial charge is 0.194 e. The first-order valence-electron chi connectivity index (χ1n) is 4.89. The van der Waals surface area contributed by atoms with Crippen molar-refractivity contribution in [2.24, 2.45) is 0 Å². The molecule has 0 radical (unpaired) electrons. The fraction of sp³-hybridized carbons (Fsp3) is 0.0769. The zero-order valence-electron chi connectivity index (χ0n) is 8.77. The van der Waals surface area contributed by atoms with Gasteiger partial charge in [-0.1, -0.05) is 22.0 Å². The molecule has 3 heteroatoms. The Morgan fingerprint density at radius 3 is 2.50 bits per heavy atom. The van der Waals surface area contributed by atoms with E-state index in [4.69, 9.17) is 0 Å². The molecule has 0 spiro atoms. The van der Waals surface area contributed by atoms with Crippen molar-refractivity contribution >= 4 is 21.7 Å². The predicted molar refractivity (Wildman–Crippen MR) is 66.5 cm³/mol. The Balaban J connectivity index is 2.42. The Morgan fingerprint density at radius 2 is 1.88 bits per heavy atom. The summed E-state index contributed by atoms with van der Waals surface area (Å²) in [5.74, 6) is 0.00859. The third-order valence-electron chi connectivity index (χ3n) is 2.31. The molecule has 0 bridgehead atoms. The number of benzene rings is 1. The van der Waals surface area contributed by atoms with Crippen LogP contribution in [-0.4, -0.2) is 10.8 Å². The molecule has 0 atom stereocenters. The quantitative estimate of drug-likeness (QED) is 0.787. The van der Waals surface area contributed by atoms with Crippen molar-refractivity contribution in [3.63, 3.8) is 0 Å². The number of aryl methyl sites for hydroxylation is 1. The molecule has 0 unspecified atom stereocenters. The largest absolute Gasteiger partial charge is 0.289 e. The molecular weight excluding hydrogens is 266 g/mol. The molecule has 0 N–H and O–H groups in total. The minimum Gasteiger partial charge on any atom is -0.289 e. The molecule has 0 aliphatic carbocycles. The molecule has 0 saturated heterocycles. The fourth-order valence-corrected chi connectivity index (χ4v) is 2.14. The highest BCUT2D eigenvalue weighted by molar-refractivity contribution is 9.10. The zero-order valence-corrected chi connectivity index (χ0v) is 10.4. The molecule has 0 aliphatic rings. The van der Waals surface area contributed by atoms with Crippen LogP contribution >= 0.6 is 15.9 Å². The van der Waals surface area contributed by atoms with Crippen LogP contribution in [0.15, 0.2) is 47.2 Å². The van der Waals surface area contributed by atoms with Crippen LogP contribution in [0, 0.1) is 6.92 Å². The number of pyridine rings is 1. The maximum Gasteiger partial charge on any atom is 0.194 e. The summed E-state index contributed by atoms with van der Waals surface area (Å²) in [5, 5.41) is 0. The zero-order chi connectivity index (χ0) is 11.5. The Morgan fingerprint density at radius 1 is 1.19 bits per heavy atom. The van der Waals surface area contributed by atoms with Crippen molar-refractivity contribution in [1.82, 2.24) is 4.98 Å². The topological polar surface area (TPSA) is 30.0 Å². The van der Waals surface area contributed by atoms with Gasteiger partial charge in [0, 0.05) is 28.0 Å². The number of hydrogen-bond donors (Lipinski definition) is 0. The first-order chi connectivity index (χ1) is 7.68. The first-order valence-corrected chi connectivity index (χ1v) is 5.68. The molecule has 2 nitrogen and oxygen atoms in total. The molecule has 2 aromatic rings. The molecule has 0 fully saturated rings. The van der Waals surface area contributed by atoms with E-state index in [9.17, 15) is 4.79 Å². The molecule has 0 amide bonds. The highest BCUT2D eigenvalue weighted by Gasteiger charge is 2.11. The Hall–Kier alpha value is -1.48. The van der Waals surface area contributed by atoms with Crippen LogP contribution in [0.2, 0.25) is 0 Å². The molecule has 80 valence electrons. The number of ketones is 1. The SMILES string of the molecule is Cc1ccc(C(=O)c2ccncc2)c(Br)c1. The third-order valence-corrected chi connectivity index (χ3v) is 2.97. The van der Waals surface area contributed by atoms with E-state index >= 15 is 0 Å². The van der Waals surface area contributed by atoms with Crippen molar-refractivity contribution in [3.8, 4) is 0 Å². The summed E-state index contributed by atoms with van der Waals surface area (Å²) in [6.45, 7) is 1.99. The lowest BCUT2D eigenvalue weighted by atomic mass is 10.0. The maximum atomic E-state index is 12.1. The van der Waals surface area contributed by atoms with Crippen molar-refractivity contribution in [3.05, 3.63) is 63.9 Å². The van der Waals surface area contributed by atoms with Gasteiger partial charge in [-0.25, -0.2) is 0 Å². The lowest BCUT2D eigenvalue weighted by Gasteiger charge is -2.04. The maximum absolute atomic E-state index is 12.1. The summed E-state index contributed by atoms with van der Waals surface area (Å²) in [5.41, 5.74) is 2.45. The summed E-state index contributed by atoms with van der Waals surface area (Å²) in [4.78, 5) is 16.0. The average Bonchev–Trinajstić information content (AvgIpc) is 2.29. The van der Waals surface area contributed by atoms with Gasteiger partial charge in [0.25, 0.3) is 0 Å². The number of aromatic nitrogens is 1. The van der Waals surface area contributed by atoms with E-state index in [0.717, 1.165) is 10.0 Å². The molecule has 1 heterocycles. The van der Waals surface area contributed by atoms with Gasteiger partial charge in [0.2, 0.25) is 0 Å². The van der Waals surface area contributed by atoms with Crippen molar-refractivity contribution in [2.45, 2.75) is 6.92 Å². The number of halogens is 1. The van der Waals surface area contributed by atoms with E-state index in [2.05, 4.69) is 20.9 Å². The molecule has 2 rings (SSSR count). The number of carbonyl (C=O) groups is 1. The van der Waals surface area contributed by atoms with Gasteiger partial charge in [0.15, 0.2) is 5.78 Å². The van der Waals surface area contributed by atoms with E-state index in [1.165, 1.54) is 0 Å². The lowest BCUT2D eigenvalue weighted by molar-refractivity contribution is 0.103. The van der Waals surface area contributed by atoms with Gasteiger partial charge in [-0.2, -0.15) is 0 Å². The Kier molecular flexibility index (Phi) is 3.15. The molecule has 1 aromatic carbocycles. The van der Waals surface area contributed by atoms with E-state index in [-0.39, 0.29) is 5.78 Å². The van der Waals surface area contributed by atoms with Gasteiger partial charge in [-0.15, -0.1) is 0 Å².